The quantitative estimate of drug-likeness (QED) is 0.808. The summed E-state index contributed by atoms with van der Waals surface area (Å²) in [5.41, 5.74) is 0.0140. The van der Waals surface area contributed by atoms with Crippen LogP contribution in [0, 0.1) is 0 Å². The van der Waals surface area contributed by atoms with Gasteiger partial charge in [-0.25, -0.2) is 4.79 Å². The van der Waals surface area contributed by atoms with Gasteiger partial charge in [-0.1, -0.05) is 0 Å². The number of nitrogens with zero attached hydrogens (tertiary/aromatic N) is 2. The molecule has 0 atom stereocenters. The van der Waals surface area contributed by atoms with Gasteiger partial charge in [-0.2, -0.15) is 0 Å². The van der Waals surface area contributed by atoms with E-state index in [9.17, 15) is 14.4 Å². The number of hydrogen-bond acceptors (Lipinski definition) is 5. The highest BCUT2D eigenvalue weighted by Crippen LogP contribution is 2.19. The summed E-state index contributed by atoms with van der Waals surface area (Å²) in [6.45, 7) is 7.25. The average molecular weight is 380 g/mol. The topological polar surface area (TPSA) is 87.2 Å². The van der Waals surface area contributed by atoms with Gasteiger partial charge in [-0.15, -0.1) is 11.8 Å². The van der Waals surface area contributed by atoms with Crippen molar-refractivity contribution in [3.05, 3.63) is 29.8 Å². The fraction of sp³-hybridized carbons (Fsp3) is 0.500. The lowest BCUT2D eigenvalue weighted by Crippen LogP contribution is -2.51. The third-order valence-electron chi connectivity index (χ3n) is 3.68. The van der Waals surface area contributed by atoms with Crippen LogP contribution < -0.4 is 0 Å². The number of carbonyl (C=O) groups excluding carboxylic acids is 2. The zero-order valence-electron chi connectivity index (χ0n) is 15.2. The second kappa shape index (κ2) is 8.44. The lowest BCUT2D eigenvalue weighted by molar-refractivity contribution is -0.133. The maximum absolute atomic E-state index is 12.6. The highest BCUT2D eigenvalue weighted by Gasteiger charge is 2.28. The van der Waals surface area contributed by atoms with Gasteiger partial charge in [0, 0.05) is 36.6 Å². The summed E-state index contributed by atoms with van der Waals surface area (Å²) in [7, 11) is 0. The molecule has 1 heterocycles. The molecule has 1 N–H and O–H groups in total. The van der Waals surface area contributed by atoms with E-state index in [4.69, 9.17) is 9.84 Å². The number of hydrogen-bond donors (Lipinski definition) is 1. The van der Waals surface area contributed by atoms with E-state index in [-0.39, 0.29) is 17.8 Å². The fourth-order valence-corrected chi connectivity index (χ4v) is 3.06. The Kier molecular flexibility index (Phi) is 6.52. The van der Waals surface area contributed by atoms with Crippen LogP contribution in [-0.2, 0) is 9.53 Å². The number of amides is 2. The Labute approximate surface area is 157 Å². The van der Waals surface area contributed by atoms with Crippen molar-refractivity contribution in [1.29, 1.82) is 0 Å². The predicted molar refractivity (Wildman–Crippen MR) is 98.5 cm³/mol. The smallest absolute Gasteiger partial charge is 0.410 e. The van der Waals surface area contributed by atoms with Crippen LogP contribution >= 0.6 is 11.8 Å². The molecular formula is C18H24N2O5S. The van der Waals surface area contributed by atoms with Gasteiger partial charge in [-0.05, 0) is 45.0 Å². The second-order valence-electron chi connectivity index (χ2n) is 6.97. The first-order chi connectivity index (χ1) is 12.2. The maximum atomic E-state index is 12.6. The number of rotatable bonds is 4. The highest BCUT2D eigenvalue weighted by atomic mass is 32.2. The third kappa shape index (κ3) is 5.94. The van der Waals surface area contributed by atoms with Gasteiger partial charge >= 0.3 is 12.1 Å². The summed E-state index contributed by atoms with van der Waals surface area (Å²) in [6.07, 6.45) is -0.357. The Morgan fingerprint density at radius 3 is 2.08 bits per heavy atom. The molecule has 0 radical (unpaired) electrons. The zero-order valence-corrected chi connectivity index (χ0v) is 16.0. The minimum Gasteiger partial charge on any atom is -0.481 e. The van der Waals surface area contributed by atoms with Gasteiger partial charge in [0.1, 0.15) is 5.60 Å². The van der Waals surface area contributed by atoms with Crippen LogP contribution in [-0.4, -0.2) is 70.4 Å². The van der Waals surface area contributed by atoms with Crippen LogP contribution in [0.15, 0.2) is 29.2 Å². The molecule has 1 aliphatic heterocycles. The molecule has 2 amide bonds. The summed E-state index contributed by atoms with van der Waals surface area (Å²) in [4.78, 5) is 39.3. The number of aliphatic carboxylic acids is 1. The molecule has 8 heteroatoms. The van der Waals surface area contributed by atoms with Crippen LogP contribution in [0.25, 0.3) is 0 Å². The van der Waals surface area contributed by atoms with Crippen molar-refractivity contribution in [1.82, 2.24) is 9.80 Å². The monoisotopic (exact) mass is 380 g/mol. The molecule has 1 aromatic carbocycles. The number of carbonyl (C=O) groups is 3. The lowest BCUT2D eigenvalue weighted by Gasteiger charge is -2.35. The second-order valence-corrected chi connectivity index (χ2v) is 8.02. The minimum atomic E-state index is -0.877. The van der Waals surface area contributed by atoms with Crippen molar-refractivity contribution < 1.29 is 24.2 Å². The Hall–Kier alpha value is -2.22. The molecule has 0 saturated carbocycles. The fourth-order valence-electron chi connectivity index (χ4n) is 2.44. The van der Waals surface area contributed by atoms with E-state index in [0.29, 0.717) is 31.7 Å². The molecule has 0 spiro atoms. The van der Waals surface area contributed by atoms with Crippen LogP contribution in [0.5, 0.6) is 0 Å². The van der Waals surface area contributed by atoms with Crippen molar-refractivity contribution in [3.63, 3.8) is 0 Å². The van der Waals surface area contributed by atoms with Crippen LogP contribution in [0.2, 0.25) is 0 Å². The van der Waals surface area contributed by atoms with E-state index in [2.05, 4.69) is 0 Å². The van der Waals surface area contributed by atoms with E-state index < -0.39 is 11.6 Å². The molecule has 1 saturated heterocycles. The molecule has 26 heavy (non-hydrogen) atoms. The number of carboxylic acid groups (broad SMARTS) is 1. The summed E-state index contributed by atoms with van der Waals surface area (Å²) in [6, 6.07) is 6.90. The lowest BCUT2D eigenvalue weighted by atomic mass is 10.2. The van der Waals surface area contributed by atoms with Crippen molar-refractivity contribution >= 4 is 29.7 Å². The van der Waals surface area contributed by atoms with Gasteiger partial charge in [0.05, 0.1) is 5.75 Å². The summed E-state index contributed by atoms with van der Waals surface area (Å²) in [5.74, 6) is -0.985. The van der Waals surface area contributed by atoms with E-state index in [1.807, 2.05) is 20.8 Å². The molecule has 0 aromatic heterocycles. The van der Waals surface area contributed by atoms with Crippen molar-refractivity contribution in [2.24, 2.45) is 0 Å². The van der Waals surface area contributed by atoms with Gasteiger partial charge in [-0.3, -0.25) is 9.59 Å². The number of piperazine rings is 1. The Morgan fingerprint density at radius 2 is 1.58 bits per heavy atom. The molecule has 0 unspecified atom stereocenters. The van der Waals surface area contributed by atoms with Gasteiger partial charge in [0.2, 0.25) is 0 Å². The third-order valence-corrected chi connectivity index (χ3v) is 4.68. The zero-order chi connectivity index (χ0) is 19.3. The number of carboxylic acids is 1. The normalized spacial score (nSPS) is 14.9. The van der Waals surface area contributed by atoms with Crippen molar-refractivity contribution in [2.75, 3.05) is 31.9 Å². The molecule has 2 rings (SSSR count). The molecule has 7 nitrogen and oxygen atoms in total. The summed E-state index contributed by atoms with van der Waals surface area (Å²) in [5, 5.41) is 8.69. The Balaban J connectivity index is 1.88. The molecule has 1 fully saturated rings. The van der Waals surface area contributed by atoms with E-state index >= 15 is 0 Å². The first-order valence-electron chi connectivity index (χ1n) is 8.37. The van der Waals surface area contributed by atoms with Crippen molar-refractivity contribution in [3.8, 4) is 0 Å². The molecular weight excluding hydrogens is 356 g/mol. The van der Waals surface area contributed by atoms with Gasteiger partial charge in [0.15, 0.2) is 0 Å². The Morgan fingerprint density at radius 1 is 1.04 bits per heavy atom. The predicted octanol–water partition coefficient (Wildman–Crippen LogP) is 2.56. The minimum absolute atomic E-state index is 0.0140. The standard InChI is InChI=1S/C18H24N2O5S/c1-18(2,3)25-17(24)20-10-8-19(9-11-20)16(23)13-4-6-14(7-5-13)26-12-15(21)22/h4-7H,8-12H2,1-3H3,(H,21,22). The van der Waals surface area contributed by atoms with Crippen LogP contribution in [0.4, 0.5) is 4.79 Å². The molecule has 142 valence electrons. The molecule has 1 aliphatic rings. The van der Waals surface area contributed by atoms with Gasteiger partial charge < -0.3 is 19.6 Å². The maximum Gasteiger partial charge on any atom is 0.410 e. The number of thioether (sulfide) groups is 1. The summed E-state index contributed by atoms with van der Waals surface area (Å²) < 4.78 is 5.35. The largest absolute Gasteiger partial charge is 0.481 e. The Bertz CT molecular complexity index is 661. The van der Waals surface area contributed by atoms with Crippen molar-refractivity contribution in [2.45, 2.75) is 31.3 Å². The first kappa shape index (κ1) is 20.1. The van der Waals surface area contributed by atoms with Crippen LogP contribution in [0.1, 0.15) is 31.1 Å². The number of benzene rings is 1. The van der Waals surface area contributed by atoms with Gasteiger partial charge in [0.25, 0.3) is 5.91 Å². The summed E-state index contributed by atoms with van der Waals surface area (Å²) >= 11 is 1.21. The first-order valence-corrected chi connectivity index (χ1v) is 9.36. The van der Waals surface area contributed by atoms with E-state index in [0.717, 1.165) is 4.90 Å². The average Bonchev–Trinajstić information content (AvgIpc) is 2.58. The van der Waals surface area contributed by atoms with E-state index in [1.165, 1.54) is 11.8 Å². The van der Waals surface area contributed by atoms with E-state index in [1.54, 1.807) is 34.1 Å². The number of ether oxygens (including phenoxy) is 1. The molecule has 0 bridgehead atoms. The SMILES string of the molecule is CC(C)(C)OC(=O)N1CCN(C(=O)c2ccc(SCC(=O)O)cc2)CC1. The highest BCUT2D eigenvalue weighted by molar-refractivity contribution is 8.00. The van der Waals surface area contributed by atoms with Crippen LogP contribution in [0.3, 0.4) is 0 Å². The molecule has 0 aliphatic carbocycles. The molecule has 1 aromatic rings.